The molecule has 2 aromatic carbocycles. The number of benzene rings is 2. The number of alkyl halides is 6. The molecule has 0 radical (unpaired) electrons. The first-order valence-corrected chi connectivity index (χ1v) is 8.36. The lowest BCUT2D eigenvalue weighted by Crippen LogP contribution is -2.39. The van der Waals surface area contributed by atoms with E-state index in [0.717, 1.165) is 12.1 Å². The summed E-state index contributed by atoms with van der Waals surface area (Å²) in [5.41, 5.74) is 2.09. The molecule has 0 spiro atoms. The molecule has 29 heavy (non-hydrogen) atoms. The predicted octanol–water partition coefficient (Wildman–Crippen LogP) is 5.98. The summed E-state index contributed by atoms with van der Waals surface area (Å²) in [6.45, 7) is 4.58. The van der Waals surface area contributed by atoms with Crippen LogP contribution in [0.1, 0.15) is 35.3 Å². The van der Waals surface area contributed by atoms with Crippen LogP contribution in [0.25, 0.3) is 0 Å². The van der Waals surface area contributed by atoms with Crippen molar-refractivity contribution >= 4 is 0 Å². The van der Waals surface area contributed by atoms with Gasteiger partial charge in [-0.1, -0.05) is 18.2 Å². The van der Waals surface area contributed by atoms with Gasteiger partial charge in [0.1, 0.15) is 5.82 Å². The average Bonchev–Trinajstić information content (AvgIpc) is 2.64. The maximum Gasteiger partial charge on any atom is 0.416 e. The Labute approximate surface area is 162 Å². The molecule has 0 amide bonds. The second-order valence-electron chi connectivity index (χ2n) is 6.54. The molecule has 9 heteroatoms. The van der Waals surface area contributed by atoms with Crippen LogP contribution in [-0.2, 0) is 22.6 Å². The number of halogens is 7. The fourth-order valence-electron chi connectivity index (χ4n) is 2.59. The minimum absolute atomic E-state index is 0.0473. The molecule has 2 N–H and O–H groups in total. The topological polar surface area (TPSA) is 35.2 Å². The van der Waals surface area contributed by atoms with Gasteiger partial charge >= 0.3 is 12.4 Å². The third kappa shape index (κ3) is 5.57. The fourth-order valence-corrected chi connectivity index (χ4v) is 2.59. The molecule has 2 unspecified atom stereocenters. The second-order valence-corrected chi connectivity index (χ2v) is 6.54. The maximum atomic E-state index is 13.1. The standard InChI is InChI=1S/C20H18F7NO/c1-3-18(28,14-4-6-17(21)7-5-14)11-29-12(2)13-8-15(19(22,23)24)10-16(9-13)20(25,26)27/h3-10,12H,1,11,28H2,2H3. The zero-order valence-corrected chi connectivity index (χ0v) is 15.2. The molecule has 0 aliphatic carbocycles. The van der Waals surface area contributed by atoms with Crippen molar-refractivity contribution in [1.82, 2.24) is 0 Å². The van der Waals surface area contributed by atoms with Gasteiger partial charge in [0.2, 0.25) is 0 Å². The van der Waals surface area contributed by atoms with Gasteiger partial charge in [-0.3, -0.25) is 0 Å². The summed E-state index contributed by atoms with van der Waals surface area (Å²) < 4.78 is 96.6. The molecule has 0 aromatic heterocycles. The minimum Gasteiger partial charge on any atom is -0.371 e. The third-order valence-electron chi connectivity index (χ3n) is 4.40. The summed E-state index contributed by atoms with van der Waals surface area (Å²) in [4.78, 5) is 0. The Morgan fingerprint density at radius 2 is 1.41 bits per heavy atom. The Kier molecular flexibility index (Phi) is 6.44. The third-order valence-corrected chi connectivity index (χ3v) is 4.40. The highest BCUT2D eigenvalue weighted by molar-refractivity contribution is 5.35. The zero-order chi connectivity index (χ0) is 22.0. The van der Waals surface area contributed by atoms with E-state index in [1.165, 1.54) is 25.1 Å². The molecule has 0 bridgehead atoms. The van der Waals surface area contributed by atoms with Gasteiger partial charge in [0.15, 0.2) is 0 Å². The molecule has 158 valence electrons. The van der Waals surface area contributed by atoms with E-state index in [1.54, 1.807) is 0 Å². The van der Waals surface area contributed by atoms with E-state index in [9.17, 15) is 30.7 Å². The first-order valence-electron chi connectivity index (χ1n) is 8.36. The van der Waals surface area contributed by atoms with Crippen LogP contribution in [0.15, 0.2) is 55.1 Å². The summed E-state index contributed by atoms with van der Waals surface area (Å²) in [6, 6.07) is 6.34. The highest BCUT2D eigenvalue weighted by atomic mass is 19.4. The Bertz CT molecular complexity index is 826. The number of hydrogen-bond donors (Lipinski definition) is 1. The van der Waals surface area contributed by atoms with Crippen LogP contribution in [0.4, 0.5) is 30.7 Å². The summed E-state index contributed by atoms with van der Waals surface area (Å²) in [5.74, 6) is -0.502. The van der Waals surface area contributed by atoms with E-state index in [-0.39, 0.29) is 18.2 Å². The van der Waals surface area contributed by atoms with Crippen LogP contribution in [0.5, 0.6) is 0 Å². The van der Waals surface area contributed by atoms with Gasteiger partial charge in [-0.2, -0.15) is 26.3 Å². The normalized spacial score (nSPS) is 15.6. The van der Waals surface area contributed by atoms with Gasteiger partial charge in [0, 0.05) is 0 Å². The molecular formula is C20H18F7NO. The van der Waals surface area contributed by atoms with E-state index < -0.39 is 40.9 Å². The van der Waals surface area contributed by atoms with Crippen molar-refractivity contribution in [3.63, 3.8) is 0 Å². The maximum absolute atomic E-state index is 13.1. The van der Waals surface area contributed by atoms with Gasteiger partial charge in [-0.25, -0.2) is 4.39 Å². The zero-order valence-electron chi connectivity index (χ0n) is 15.2. The van der Waals surface area contributed by atoms with Crippen LogP contribution >= 0.6 is 0 Å². The van der Waals surface area contributed by atoms with E-state index in [1.807, 2.05) is 0 Å². The molecule has 0 aliphatic rings. The quantitative estimate of drug-likeness (QED) is 0.460. The van der Waals surface area contributed by atoms with Gasteiger partial charge in [0.05, 0.1) is 29.4 Å². The predicted molar refractivity (Wildman–Crippen MR) is 93.3 cm³/mol. The van der Waals surface area contributed by atoms with Crippen molar-refractivity contribution in [2.75, 3.05) is 6.61 Å². The fraction of sp³-hybridized carbons (Fsp3) is 0.300. The van der Waals surface area contributed by atoms with Crippen molar-refractivity contribution < 1.29 is 35.5 Å². The van der Waals surface area contributed by atoms with E-state index >= 15 is 0 Å². The van der Waals surface area contributed by atoms with Crippen molar-refractivity contribution in [3.05, 3.63) is 83.2 Å². The molecule has 0 saturated carbocycles. The molecule has 0 saturated heterocycles. The number of nitrogens with two attached hydrogens (primary N) is 1. The first kappa shape index (κ1) is 22.9. The summed E-state index contributed by atoms with van der Waals surface area (Å²) >= 11 is 0. The summed E-state index contributed by atoms with van der Waals surface area (Å²) in [7, 11) is 0. The van der Waals surface area contributed by atoms with Gasteiger partial charge < -0.3 is 10.5 Å². The molecular weight excluding hydrogens is 403 g/mol. The van der Waals surface area contributed by atoms with E-state index in [0.29, 0.717) is 17.7 Å². The summed E-state index contributed by atoms with van der Waals surface area (Å²) in [5, 5.41) is 0. The first-order chi connectivity index (χ1) is 13.3. The Morgan fingerprint density at radius 3 is 1.83 bits per heavy atom. The molecule has 2 aromatic rings. The van der Waals surface area contributed by atoms with Crippen LogP contribution < -0.4 is 5.73 Å². The Morgan fingerprint density at radius 1 is 0.931 bits per heavy atom. The van der Waals surface area contributed by atoms with E-state index in [4.69, 9.17) is 10.5 Å². The minimum atomic E-state index is -4.96. The van der Waals surface area contributed by atoms with Crippen molar-refractivity contribution in [2.24, 2.45) is 5.73 Å². The highest BCUT2D eigenvalue weighted by Gasteiger charge is 2.37. The van der Waals surface area contributed by atoms with E-state index in [2.05, 4.69) is 6.58 Å². The molecule has 2 atom stereocenters. The number of rotatable bonds is 6. The Hall–Kier alpha value is -2.39. The molecule has 0 aliphatic heterocycles. The molecule has 2 nitrogen and oxygen atoms in total. The van der Waals surface area contributed by atoms with Gasteiger partial charge in [-0.05, 0) is 48.4 Å². The highest BCUT2D eigenvalue weighted by Crippen LogP contribution is 2.38. The van der Waals surface area contributed by atoms with Crippen LogP contribution in [0.3, 0.4) is 0 Å². The lowest BCUT2D eigenvalue weighted by molar-refractivity contribution is -0.143. The van der Waals surface area contributed by atoms with Gasteiger partial charge in [-0.15, -0.1) is 6.58 Å². The average molecular weight is 421 g/mol. The SMILES string of the molecule is C=CC(N)(COC(C)c1cc(C(F)(F)F)cc(C(F)(F)F)c1)c1ccc(F)cc1. The number of hydrogen-bond acceptors (Lipinski definition) is 2. The van der Waals surface area contributed by atoms with Crippen LogP contribution in [0, 0.1) is 5.82 Å². The van der Waals surface area contributed by atoms with Crippen LogP contribution in [0.2, 0.25) is 0 Å². The monoisotopic (exact) mass is 421 g/mol. The van der Waals surface area contributed by atoms with Crippen molar-refractivity contribution in [2.45, 2.75) is 30.9 Å². The smallest absolute Gasteiger partial charge is 0.371 e. The molecule has 0 heterocycles. The van der Waals surface area contributed by atoms with Crippen LogP contribution in [-0.4, -0.2) is 6.61 Å². The lowest BCUT2D eigenvalue weighted by atomic mass is 9.92. The van der Waals surface area contributed by atoms with Crippen molar-refractivity contribution in [1.29, 1.82) is 0 Å². The number of ether oxygens (including phenoxy) is 1. The van der Waals surface area contributed by atoms with Gasteiger partial charge in [0.25, 0.3) is 0 Å². The summed E-state index contributed by atoms with van der Waals surface area (Å²) in [6.07, 6.45) is -9.74. The molecule has 0 fully saturated rings. The lowest BCUT2D eigenvalue weighted by Gasteiger charge is -2.28. The Balaban J connectivity index is 2.30. The largest absolute Gasteiger partial charge is 0.416 e. The second kappa shape index (κ2) is 8.16. The van der Waals surface area contributed by atoms with Crippen molar-refractivity contribution in [3.8, 4) is 0 Å². The molecule has 2 rings (SSSR count).